The Morgan fingerprint density at radius 1 is 1.00 bits per heavy atom. The van der Waals surface area contributed by atoms with Crippen LogP contribution in [0.1, 0.15) is 5.56 Å². The molecule has 0 unspecified atom stereocenters. The van der Waals surface area contributed by atoms with Crippen LogP contribution in [0.2, 0.25) is 0 Å². The molecule has 5 heteroatoms. The number of aromatic amines is 1. The van der Waals surface area contributed by atoms with E-state index in [1.807, 2.05) is 61.5 Å². The van der Waals surface area contributed by atoms with E-state index in [1.54, 1.807) is 10.9 Å². The average molecular weight is 302 g/mol. The smallest absolute Gasteiger partial charge is 0.262 e. The SMILES string of the molecule is Cc1ccc(-c2nc3c(cnn3-c3ccccc3)c(=O)[nH]2)cc1. The van der Waals surface area contributed by atoms with Crippen LogP contribution in [0.5, 0.6) is 0 Å². The number of para-hydroxylation sites is 1. The quantitative estimate of drug-likeness (QED) is 0.619. The predicted octanol–water partition coefficient (Wildman–Crippen LogP) is 3.08. The summed E-state index contributed by atoms with van der Waals surface area (Å²) >= 11 is 0. The molecule has 0 radical (unpaired) electrons. The van der Waals surface area contributed by atoms with Crippen LogP contribution in [0, 0.1) is 6.92 Å². The summed E-state index contributed by atoms with van der Waals surface area (Å²) in [6, 6.07) is 17.5. The Labute approximate surface area is 132 Å². The normalized spacial score (nSPS) is 11.0. The standard InChI is InChI=1S/C18H14N4O/c1-12-7-9-13(10-8-12)16-20-17-15(18(23)21-16)11-19-22(17)14-5-3-2-4-6-14/h2-11H,1H3,(H,20,21,23). The molecule has 0 saturated carbocycles. The van der Waals surface area contributed by atoms with Crippen LogP contribution in [0.4, 0.5) is 0 Å². The Balaban J connectivity index is 1.95. The molecule has 0 aliphatic heterocycles. The van der Waals surface area contributed by atoms with Gasteiger partial charge in [-0.15, -0.1) is 0 Å². The molecule has 0 bridgehead atoms. The molecule has 0 spiro atoms. The molecular weight excluding hydrogens is 288 g/mol. The van der Waals surface area contributed by atoms with Gasteiger partial charge < -0.3 is 4.98 Å². The first-order valence-electron chi connectivity index (χ1n) is 7.33. The van der Waals surface area contributed by atoms with Crippen LogP contribution in [0.15, 0.2) is 65.6 Å². The zero-order chi connectivity index (χ0) is 15.8. The number of benzene rings is 2. The lowest BCUT2D eigenvalue weighted by atomic mass is 10.1. The highest BCUT2D eigenvalue weighted by Gasteiger charge is 2.12. The number of nitrogens with zero attached hydrogens (tertiary/aromatic N) is 3. The average Bonchev–Trinajstić information content (AvgIpc) is 3.01. The lowest BCUT2D eigenvalue weighted by Crippen LogP contribution is -2.10. The van der Waals surface area contributed by atoms with Crippen LogP contribution in [-0.2, 0) is 0 Å². The highest BCUT2D eigenvalue weighted by atomic mass is 16.1. The third kappa shape index (κ3) is 2.32. The van der Waals surface area contributed by atoms with Gasteiger partial charge in [-0.25, -0.2) is 9.67 Å². The van der Waals surface area contributed by atoms with Gasteiger partial charge in [-0.05, 0) is 19.1 Å². The van der Waals surface area contributed by atoms with Crippen molar-refractivity contribution in [3.8, 4) is 17.1 Å². The first kappa shape index (κ1) is 13.5. The predicted molar refractivity (Wildman–Crippen MR) is 89.7 cm³/mol. The summed E-state index contributed by atoms with van der Waals surface area (Å²) in [6.07, 6.45) is 1.55. The van der Waals surface area contributed by atoms with Gasteiger partial charge in [-0.3, -0.25) is 4.79 Å². The highest BCUT2D eigenvalue weighted by Crippen LogP contribution is 2.18. The van der Waals surface area contributed by atoms with Crippen molar-refractivity contribution in [1.29, 1.82) is 0 Å². The van der Waals surface area contributed by atoms with Gasteiger partial charge in [0.2, 0.25) is 0 Å². The third-order valence-corrected chi connectivity index (χ3v) is 3.76. The van der Waals surface area contributed by atoms with E-state index in [9.17, 15) is 4.79 Å². The third-order valence-electron chi connectivity index (χ3n) is 3.76. The van der Waals surface area contributed by atoms with Gasteiger partial charge in [-0.1, -0.05) is 48.0 Å². The van der Waals surface area contributed by atoms with Crippen LogP contribution in [0.25, 0.3) is 28.1 Å². The molecule has 112 valence electrons. The number of hydrogen-bond donors (Lipinski definition) is 1. The Morgan fingerprint density at radius 2 is 1.74 bits per heavy atom. The Bertz CT molecular complexity index is 1030. The fourth-order valence-corrected chi connectivity index (χ4v) is 2.52. The van der Waals surface area contributed by atoms with E-state index in [1.165, 1.54) is 0 Å². The molecular formula is C18H14N4O. The molecule has 0 fully saturated rings. The maximum Gasteiger partial charge on any atom is 0.262 e. The lowest BCUT2D eigenvalue weighted by Gasteiger charge is -2.05. The number of rotatable bonds is 2. The van der Waals surface area contributed by atoms with Crippen molar-refractivity contribution in [2.24, 2.45) is 0 Å². The topological polar surface area (TPSA) is 63.6 Å². The molecule has 4 rings (SSSR count). The Kier molecular flexibility index (Phi) is 3.05. The van der Waals surface area contributed by atoms with Gasteiger partial charge in [0.25, 0.3) is 5.56 Å². The lowest BCUT2D eigenvalue weighted by molar-refractivity contribution is 0.895. The maximum atomic E-state index is 12.3. The first-order chi connectivity index (χ1) is 11.2. The number of H-pyrrole nitrogens is 1. The van der Waals surface area contributed by atoms with Gasteiger partial charge in [-0.2, -0.15) is 5.10 Å². The summed E-state index contributed by atoms with van der Waals surface area (Å²) in [4.78, 5) is 19.8. The highest BCUT2D eigenvalue weighted by molar-refractivity contribution is 5.77. The van der Waals surface area contributed by atoms with Crippen molar-refractivity contribution in [3.63, 3.8) is 0 Å². The van der Waals surface area contributed by atoms with Crippen LogP contribution in [-0.4, -0.2) is 19.7 Å². The van der Waals surface area contributed by atoms with E-state index in [4.69, 9.17) is 0 Å². The second-order valence-electron chi connectivity index (χ2n) is 5.41. The van der Waals surface area contributed by atoms with E-state index < -0.39 is 0 Å². The molecule has 5 nitrogen and oxygen atoms in total. The number of nitrogens with one attached hydrogen (secondary N) is 1. The number of aromatic nitrogens is 4. The number of aryl methyl sites for hydroxylation is 1. The Morgan fingerprint density at radius 3 is 2.48 bits per heavy atom. The molecule has 23 heavy (non-hydrogen) atoms. The van der Waals surface area contributed by atoms with E-state index >= 15 is 0 Å². The molecule has 0 aliphatic carbocycles. The number of fused-ring (bicyclic) bond motifs is 1. The van der Waals surface area contributed by atoms with Crippen molar-refractivity contribution >= 4 is 11.0 Å². The molecule has 2 heterocycles. The molecule has 2 aromatic heterocycles. The van der Waals surface area contributed by atoms with Gasteiger partial charge in [0.15, 0.2) is 5.65 Å². The van der Waals surface area contributed by atoms with E-state index in [2.05, 4.69) is 15.1 Å². The van der Waals surface area contributed by atoms with E-state index in [0.717, 1.165) is 16.8 Å². The molecule has 0 atom stereocenters. The van der Waals surface area contributed by atoms with E-state index in [-0.39, 0.29) is 5.56 Å². The minimum atomic E-state index is -0.187. The van der Waals surface area contributed by atoms with Crippen molar-refractivity contribution < 1.29 is 0 Å². The Hall–Kier alpha value is -3.21. The molecule has 0 amide bonds. The van der Waals surface area contributed by atoms with Crippen LogP contribution in [0.3, 0.4) is 0 Å². The van der Waals surface area contributed by atoms with Crippen molar-refractivity contribution in [2.75, 3.05) is 0 Å². The van der Waals surface area contributed by atoms with Gasteiger partial charge in [0, 0.05) is 5.56 Å². The fraction of sp³-hybridized carbons (Fsp3) is 0.0556. The van der Waals surface area contributed by atoms with Crippen molar-refractivity contribution in [2.45, 2.75) is 6.92 Å². The summed E-state index contributed by atoms with van der Waals surface area (Å²) in [5, 5.41) is 4.79. The summed E-state index contributed by atoms with van der Waals surface area (Å²) in [6.45, 7) is 2.02. The van der Waals surface area contributed by atoms with Crippen molar-refractivity contribution in [3.05, 3.63) is 76.7 Å². The molecule has 2 aromatic carbocycles. The molecule has 4 aromatic rings. The zero-order valence-corrected chi connectivity index (χ0v) is 12.5. The molecule has 0 aliphatic rings. The molecule has 0 saturated heterocycles. The van der Waals surface area contributed by atoms with Crippen LogP contribution < -0.4 is 5.56 Å². The monoisotopic (exact) mass is 302 g/mol. The second kappa shape index (κ2) is 5.21. The minimum absolute atomic E-state index is 0.187. The van der Waals surface area contributed by atoms with E-state index in [0.29, 0.717) is 16.9 Å². The number of hydrogen-bond acceptors (Lipinski definition) is 3. The summed E-state index contributed by atoms with van der Waals surface area (Å²) in [5.41, 5.74) is 3.26. The molecule has 1 N–H and O–H groups in total. The largest absolute Gasteiger partial charge is 0.306 e. The summed E-state index contributed by atoms with van der Waals surface area (Å²) in [7, 11) is 0. The first-order valence-corrected chi connectivity index (χ1v) is 7.33. The van der Waals surface area contributed by atoms with Gasteiger partial charge in [0.05, 0.1) is 11.9 Å². The summed E-state index contributed by atoms with van der Waals surface area (Å²) < 4.78 is 1.68. The zero-order valence-electron chi connectivity index (χ0n) is 12.5. The van der Waals surface area contributed by atoms with Crippen molar-refractivity contribution in [1.82, 2.24) is 19.7 Å². The van der Waals surface area contributed by atoms with Crippen LogP contribution >= 0.6 is 0 Å². The maximum absolute atomic E-state index is 12.3. The minimum Gasteiger partial charge on any atom is -0.306 e. The second-order valence-corrected chi connectivity index (χ2v) is 5.41. The van der Waals surface area contributed by atoms with Gasteiger partial charge >= 0.3 is 0 Å². The fourth-order valence-electron chi connectivity index (χ4n) is 2.52. The van der Waals surface area contributed by atoms with Gasteiger partial charge in [0.1, 0.15) is 11.2 Å². The summed E-state index contributed by atoms with van der Waals surface area (Å²) in [5.74, 6) is 0.542.